The van der Waals surface area contributed by atoms with Crippen molar-refractivity contribution in [2.24, 2.45) is 5.18 Å². The molecule has 20 heavy (non-hydrogen) atoms. The average Bonchev–Trinajstić information content (AvgIpc) is 2.88. The third-order valence-corrected chi connectivity index (χ3v) is 3.84. The van der Waals surface area contributed by atoms with Crippen LogP contribution in [0.3, 0.4) is 0 Å². The van der Waals surface area contributed by atoms with Crippen LogP contribution in [0, 0.1) is 4.91 Å². The number of aromatic carboxylic acids is 1. The fourth-order valence-electron chi connectivity index (χ4n) is 2.77. The van der Waals surface area contributed by atoms with E-state index in [2.05, 4.69) is 12.1 Å². The highest BCUT2D eigenvalue weighted by Crippen LogP contribution is 2.38. The van der Waals surface area contributed by atoms with Gasteiger partial charge in [0.05, 0.1) is 5.56 Å². The Morgan fingerprint density at radius 1 is 1.35 bits per heavy atom. The molecule has 0 amide bonds. The topological polar surface area (TPSA) is 66.7 Å². The lowest BCUT2D eigenvalue weighted by Gasteiger charge is -2.10. The second kappa shape index (κ2) is 6.46. The second-order valence-corrected chi connectivity index (χ2v) is 5.16. The van der Waals surface area contributed by atoms with E-state index in [1.54, 1.807) is 24.3 Å². The summed E-state index contributed by atoms with van der Waals surface area (Å²) in [4.78, 5) is 21.9. The van der Waals surface area contributed by atoms with Crippen LogP contribution in [-0.2, 0) is 0 Å². The number of carboxylic acids is 1. The van der Waals surface area contributed by atoms with Crippen LogP contribution in [0.4, 0.5) is 0 Å². The molecule has 1 aliphatic carbocycles. The number of unbranched alkanes of at least 4 members (excludes halogenated alkanes) is 1. The lowest BCUT2D eigenvalue weighted by atomic mass is 9.96. The summed E-state index contributed by atoms with van der Waals surface area (Å²) >= 11 is 0. The molecule has 0 fully saturated rings. The van der Waals surface area contributed by atoms with E-state index < -0.39 is 5.97 Å². The lowest BCUT2D eigenvalue weighted by molar-refractivity contribution is 0.0697. The van der Waals surface area contributed by atoms with Gasteiger partial charge in [-0.25, -0.2) is 4.79 Å². The van der Waals surface area contributed by atoms with E-state index in [0.717, 1.165) is 43.2 Å². The highest BCUT2D eigenvalue weighted by Gasteiger charge is 2.27. The van der Waals surface area contributed by atoms with E-state index in [9.17, 15) is 9.70 Å². The van der Waals surface area contributed by atoms with Crippen LogP contribution in [0.2, 0.25) is 0 Å². The zero-order valence-electron chi connectivity index (χ0n) is 11.6. The molecule has 0 bridgehead atoms. The van der Waals surface area contributed by atoms with Gasteiger partial charge in [0.1, 0.15) is 6.04 Å². The molecule has 0 saturated carbocycles. The van der Waals surface area contributed by atoms with Crippen LogP contribution in [0.15, 0.2) is 35.0 Å². The Morgan fingerprint density at radius 2 is 2.05 bits per heavy atom. The lowest BCUT2D eigenvalue weighted by Crippen LogP contribution is -2.03. The first-order valence-electron chi connectivity index (χ1n) is 7.05. The predicted molar refractivity (Wildman–Crippen MR) is 78.7 cm³/mol. The molecular weight excluding hydrogens is 254 g/mol. The molecule has 0 aromatic heterocycles. The Morgan fingerprint density at radius 3 is 2.60 bits per heavy atom. The average molecular weight is 273 g/mol. The summed E-state index contributed by atoms with van der Waals surface area (Å²) in [6, 6.07) is 6.46. The largest absolute Gasteiger partial charge is 0.478 e. The van der Waals surface area contributed by atoms with Crippen molar-refractivity contribution in [1.29, 1.82) is 0 Å². The summed E-state index contributed by atoms with van der Waals surface area (Å²) in [6.45, 7) is 2.15. The summed E-state index contributed by atoms with van der Waals surface area (Å²) in [5.74, 6) is -0.937. The molecule has 0 saturated heterocycles. The number of nitrogens with zero attached hydrogens (tertiary/aromatic N) is 1. The summed E-state index contributed by atoms with van der Waals surface area (Å²) in [5.41, 5.74) is 3.52. The van der Waals surface area contributed by atoms with Crippen molar-refractivity contribution in [2.75, 3.05) is 0 Å². The molecule has 1 unspecified atom stereocenters. The van der Waals surface area contributed by atoms with E-state index in [1.165, 1.54) is 5.57 Å². The van der Waals surface area contributed by atoms with Crippen LogP contribution in [0.5, 0.6) is 0 Å². The van der Waals surface area contributed by atoms with Gasteiger partial charge in [-0.1, -0.05) is 36.2 Å². The molecular formula is C16H19NO3. The molecule has 106 valence electrons. The van der Waals surface area contributed by atoms with Gasteiger partial charge >= 0.3 is 5.97 Å². The Hall–Kier alpha value is -1.97. The van der Waals surface area contributed by atoms with Crippen molar-refractivity contribution < 1.29 is 9.90 Å². The first kappa shape index (κ1) is 14.4. The number of hydrogen-bond donors (Lipinski definition) is 1. The van der Waals surface area contributed by atoms with Gasteiger partial charge in [-0.2, -0.15) is 4.91 Å². The first-order valence-corrected chi connectivity index (χ1v) is 7.05. The minimum absolute atomic E-state index is 0.262. The molecule has 1 N–H and O–H groups in total. The molecule has 1 atom stereocenters. The van der Waals surface area contributed by atoms with Gasteiger partial charge in [0.15, 0.2) is 0 Å². The summed E-state index contributed by atoms with van der Waals surface area (Å²) in [7, 11) is 0. The molecule has 0 heterocycles. The van der Waals surface area contributed by atoms with Crippen LogP contribution < -0.4 is 0 Å². The molecule has 2 rings (SSSR count). The van der Waals surface area contributed by atoms with Crippen LogP contribution in [0.25, 0.3) is 5.57 Å². The normalized spacial score (nSPS) is 18.4. The Kier molecular flexibility index (Phi) is 4.66. The van der Waals surface area contributed by atoms with Crippen LogP contribution in [-0.4, -0.2) is 17.1 Å². The van der Waals surface area contributed by atoms with Crippen molar-refractivity contribution in [3.63, 3.8) is 0 Å². The van der Waals surface area contributed by atoms with Crippen molar-refractivity contribution in [2.45, 2.75) is 45.1 Å². The van der Waals surface area contributed by atoms with Crippen molar-refractivity contribution in [1.82, 2.24) is 0 Å². The summed E-state index contributed by atoms with van der Waals surface area (Å²) in [6.07, 6.45) is 4.93. The fourth-order valence-corrected chi connectivity index (χ4v) is 2.77. The Bertz CT molecular complexity index is 531. The van der Waals surface area contributed by atoms with Crippen molar-refractivity contribution in [3.8, 4) is 0 Å². The van der Waals surface area contributed by atoms with Crippen molar-refractivity contribution >= 4 is 11.5 Å². The molecule has 4 heteroatoms. The van der Waals surface area contributed by atoms with E-state index >= 15 is 0 Å². The first-order chi connectivity index (χ1) is 9.67. The van der Waals surface area contributed by atoms with Gasteiger partial charge in [0.2, 0.25) is 0 Å². The van der Waals surface area contributed by atoms with Gasteiger partial charge in [-0.3, -0.25) is 0 Å². The SMILES string of the molecule is CCCCC1=C(c2ccc(C(=O)O)cc2)C(N=O)CC1. The van der Waals surface area contributed by atoms with E-state index in [4.69, 9.17) is 5.11 Å². The van der Waals surface area contributed by atoms with E-state index in [0.29, 0.717) is 0 Å². The maximum atomic E-state index is 11.0. The molecule has 0 spiro atoms. The maximum Gasteiger partial charge on any atom is 0.335 e. The smallest absolute Gasteiger partial charge is 0.335 e. The van der Waals surface area contributed by atoms with E-state index in [1.807, 2.05) is 0 Å². The zero-order chi connectivity index (χ0) is 14.5. The Balaban J connectivity index is 2.33. The zero-order valence-corrected chi connectivity index (χ0v) is 11.6. The maximum absolute atomic E-state index is 11.0. The summed E-state index contributed by atoms with van der Waals surface area (Å²) in [5, 5.41) is 12.2. The van der Waals surface area contributed by atoms with Gasteiger partial charge in [-0.05, 0) is 49.0 Å². The molecule has 1 aromatic rings. The minimum atomic E-state index is -0.937. The third-order valence-electron chi connectivity index (χ3n) is 3.84. The summed E-state index contributed by atoms with van der Waals surface area (Å²) < 4.78 is 0. The van der Waals surface area contributed by atoms with Gasteiger partial charge < -0.3 is 5.11 Å². The van der Waals surface area contributed by atoms with E-state index in [-0.39, 0.29) is 11.6 Å². The van der Waals surface area contributed by atoms with Gasteiger partial charge in [0.25, 0.3) is 0 Å². The van der Waals surface area contributed by atoms with Crippen LogP contribution >= 0.6 is 0 Å². The molecule has 0 aliphatic heterocycles. The number of hydrogen-bond acceptors (Lipinski definition) is 3. The number of rotatable bonds is 6. The molecule has 1 aliphatic rings. The van der Waals surface area contributed by atoms with Gasteiger partial charge in [-0.15, -0.1) is 0 Å². The molecule has 1 aromatic carbocycles. The quantitative estimate of drug-likeness (QED) is 0.787. The Labute approximate surface area is 118 Å². The number of nitroso groups, excluding NO2 is 1. The highest BCUT2D eigenvalue weighted by atomic mass is 16.4. The minimum Gasteiger partial charge on any atom is -0.478 e. The molecule has 0 radical (unpaired) electrons. The van der Waals surface area contributed by atoms with Crippen molar-refractivity contribution in [3.05, 3.63) is 45.9 Å². The van der Waals surface area contributed by atoms with Crippen LogP contribution in [0.1, 0.15) is 54.9 Å². The number of carbonyl (C=O) groups is 1. The fraction of sp³-hybridized carbons (Fsp3) is 0.438. The third kappa shape index (κ3) is 2.95. The molecule has 4 nitrogen and oxygen atoms in total. The highest BCUT2D eigenvalue weighted by molar-refractivity contribution is 5.88. The number of carboxylic acid groups (broad SMARTS) is 1. The number of allylic oxidation sites excluding steroid dienone is 1. The van der Waals surface area contributed by atoms with Gasteiger partial charge in [0, 0.05) is 0 Å². The monoisotopic (exact) mass is 273 g/mol. The number of benzene rings is 1. The standard InChI is InChI=1S/C16H19NO3/c1-2-3-4-11-9-10-14(17-20)15(11)12-5-7-13(8-6-12)16(18)19/h5-8,14H,2-4,9-10H2,1H3,(H,18,19). The second-order valence-electron chi connectivity index (χ2n) is 5.16. The predicted octanol–water partition coefficient (Wildman–Crippen LogP) is 4.26.